The van der Waals surface area contributed by atoms with E-state index in [1.807, 2.05) is 18.3 Å². The maximum Gasteiger partial charge on any atom is 0.225 e. The smallest absolute Gasteiger partial charge is 0.225 e. The van der Waals surface area contributed by atoms with Gasteiger partial charge in [-0.15, -0.1) is 11.3 Å². The minimum absolute atomic E-state index is 0.278. The third kappa shape index (κ3) is 5.75. The summed E-state index contributed by atoms with van der Waals surface area (Å²) in [5.74, 6) is 0.810. The van der Waals surface area contributed by atoms with E-state index in [1.165, 1.54) is 35.7 Å². The minimum Gasteiger partial charge on any atom is -0.474 e. The SMILES string of the molecule is CCC=O.CCCC(CC)Oc1ncnc2sc3c(c12)CCC3.CN. The van der Waals surface area contributed by atoms with Crippen LogP contribution in [0.4, 0.5) is 0 Å². The van der Waals surface area contributed by atoms with Crippen LogP contribution in [0.3, 0.4) is 0 Å². The second-order valence-electron chi connectivity index (χ2n) is 5.73. The molecule has 1 aliphatic carbocycles. The molecular formula is C19H31N3O2S. The van der Waals surface area contributed by atoms with Gasteiger partial charge in [-0.2, -0.15) is 0 Å². The molecular weight excluding hydrogens is 334 g/mol. The van der Waals surface area contributed by atoms with Crippen molar-refractivity contribution in [2.45, 2.75) is 71.8 Å². The van der Waals surface area contributed by atoms with Crippen LogP contribution in [0, 0.1) is 0 Å². The van der Waals surface area contributed by atoms with E-state index in [1.54, 1.807) is 6.33 Å². The molecule has 0 amide bonds. The van der Waals surface area contributed by atoms with Crippen LogP contribution in [0.25, 0.3) is 10.2 Å². The summed E-state index contributed by atoms with van der Waals surface area (Å²) in [5.41, 5.74) is 5.95. The Hall–Kier alpha value is -1.53. The second kappa shape index (κ2) is 11.9. The number of hydrogen-bond donors (Lipinski definition) is 1. The molecule has 0 saturated heterocycles. The molecule has 0 fully saturated rings. The molecule has 5 nitrogen and oxygen atoms in total. The normalized spacial score (nSPS) is 13.2. The molecule has 2 aromatic rings. The molecule has 25 heavy (non-hydrogen) atoms. The monoisotopic (exact) mass is 365 g/mol. The number of rotatable bonds is 6. The Kier molecular flexibility index (Phi) is 10.3. The molecule has 1 unspecified atom stereocenters. The standard InChI is InChI=1S/C15H20N2OS.C3H6O.CH5N/c1-3-6-10(4-2)18-14-13-11-7-5-8-12(11)19-15(13)17-9-16-14;1-2-3-4;1-2/h9-10H,3-8H2,1-2H3;3H,2H2,1H3;2H2,1H3. The van der Waals surface area contributed by atoms with Gasteiger partial charge in [-0.05, 0) is 44.7 Å². The Bertz CT molecular complexity index is 643. The molecule has 0 saturated carbocycles. The van der Waals surface area contributed by atoms with Crippen molar-refractivity contribution >= 4 is 27.8 Å². The lowest BCUT2D eigenvalue weighted by Crippen LogP contribution is -2.15. The number of ether oxygens (including phenoxy) is 1. The van der Waals surface area contributed by atoms with E-state index in [0.29, 0.717) is 6.42 Å². The second-order valence-corrected chi connectivity index (χ2v) is 6.81. The quantitative estimate of drug-likeness (QED) is 0.772. The number of nitrogens with two attached hydrogens (primary N) is 1. The van der Waals surface area contributed by atoms with Gasteiger partial charge in [0.1, 0.15) is 23.5 Å². The maximum absolute atomic E-state index is 9.17. The molecule has 6 heteroatoms. The highest BCUT2D eigenvalue weighted by Crippen LogP contribution is 2.40. The number of aldehydes is 1. The van der Waals surface area contributed by atoms with E-state index in [-0.39, 0.29) is 6.10 Å². The molecule has 2 N–H and O–H groups in total. The fourth-order valence-corrected chi connectivity index (χ4v) is 4.03. The molecule has 0 radical (unpaired) electrons. The highest BCUT2D eigenvalue weighted by atomic mass is 32.1. The zero-order valence-corrected chi connectivity index (χ0v) is 16.7. The summed E-state index contributed by atoms with van der Waals surface area (Å²) in [6.45, 7) is 6.19. The van der Waals surface area contributed by atoms with Crippen molar-refractivity contribution in [3.8, 4) is 5.88 Å². The first kappa shape index (κ1) is 21.5. The Morgan fingerprint density at radius 1 is 1.28 bits per heavy atom. The Balaban J connectivity index is 0.000000461. The summed E-state index contributed by atoms with van der Waals surface area (Å²) in [6.07, 6.45) is 10.3. The lowest BCUT2D eigenvalue weighted by Gasteiger charge is -2.16. The third-order valence-electron chi connectivity index (χ3n) is 3.98. The first-order chi connectivity index (χ1) is 12.2. The minimum atomic E-state index is 0.278. The molecule has 2 aromatic heterocycles. The van der Waals surface area contributed by atoms with E-state index in [0.717, 1.165) is 42.7 Å². The van der Waals surface area contributed by atoms with Gasteiger partial charge in [-0.1, -0.05) is 27.2 Å². The first-order valence-electron chi connectivity index (χ1n) is 9.18. The van der Waals surface area contributed by atoms with E-state index in [2.05, 4.69) is 29.5 Å². The summed E-state index contributed by atoms with van der Waals surface area (Å²) in [7, 11) is 1.50. The van der Waals surface area contributed by atoms with Crippen LogP contribution in [0.1, 0.15) is 63.3 Å². The summed E-state index contributed by atoms with van der Waals surface area (Å²) < 4.78 is 6.16. The van der Waals surface area contributed by atoms with Gasteiger partial charge >= 0.3 is 0 Å². The maximum atomic E-state index is 9.17. The lowest BCUT2D eigenvalue weighted by atomic mass is 10.1. The van der Waals surface area contributed by atoms with Crippen LogP contribution in [-0.2, 0) is 17.6 Å². The van der Waals surface area contributed by atoms with Crippen LogP contribution in [0.15, 0.2) is 6.33 Å². The highest BCUT2D eigenvalue weighted by molar-refractivity contribution is 7.18. The molecule has 1 aliphatic rings. The fourth-order valence-electron chi connectivity index (χ4n) is 2.82. The van der Waals surface area contributed by atoms with Gasteiger partial charge in [0.05, 0.1) is 5.39 Å². The van der Waals surface area contributed by atoms with Gasteiger partial charge in [-0.3, -0.25) is 0 Å². The van der Waals surface area contributed by atoms with Crippen molar-refractivity contribution in [2.75, 3.05) is 7.05 Å². The van der Waals surface area contributed by atoms with Crippen LogP contribution >= 0.6 is 11.3 Å². The van der Waals surface area contributed by atoms with E-state index in [9.17, 15) is 4.79 Å². The fraction of sp³-hybridized carbons (Fsp3) is 0.632. The third-order valence-corrected chi connectivity index (χ3v) is 5.18. The number of hydrogen-bond acceptors (Lipinski definition) is 6. The number of aryl methyl sites for hydroxylation is 2. The topological polar surface area (TPSA) is 78.1 Å². The van der Waals surface area contributed by atoms with Crippen LogP contribution in [-0.4, -0.2) is 29.4 Å². The summed E-state index contributed by atoms with van der Waals surface area (Å²) in [5, 5.41) is 1.19. The molecule has 0 bridgehead atoms. The van der Waals surface area contributed by atoms with Gasteiger partial charge in [0.2, 0.25) is 5.88 Å². The van der Waals surface area contributed by atoms with Crippen LogP contribution < -0.4 is 10.5 Å². The van der Waals surface area contributed by atoms with Crippen molar-refractivity contribution in [3.63, 3.8) is 0 Å². The number of nitrogens with zero attached hydrogens (tertiary/aromatic N) is 2. The van der Waals surface area contributed by atoms with E-state index < -0.39 is 0 Å². The van der Waals surface area contributed by atoms with E-state index >= 15 is 0 Å². The molecule has 1 atom stereocenters. The summed E-state index contributed by atoms with van der Waals surface area (Å²) in [4.78, 5) is 20.6. The largest absolute Gasteiger partial charge is 0.474 e. The average molecular weight is 366 g/mol. The molecule has 0 aromatic carbocycles. The number of thiophene rings is 1. The first-order valence-corrected chi connectivity index (χ1v) is 9.99. The Labute approximate surface area is 155 Å². The van der Waals surface area contributed by atoms with Crippen molar-refractivity contribution in [1.82, 2.24) is 9.97 Å². The zero-order chi connectivity index (χ0) is 18.7. The summed E-state index contributed by atoms with van der Waals surface area (Å²) in [6, 6.07) is 0. The van der Waals surface area contributed by atoms with Gasteiger partial charge in [-0.25, -0.2) is 9.97 Å². The van der Waals surface area contributed by atoms with Crippen molar-refractivity contribution in [2.24, 2.45) is 5.73 Å². The van der Waals surface area contributed by atoms with Crippen LogP contribution in [0.5, 0.6) is 5.88 Å². The van der Waals surface area contributed by atoms with Crippen LogP contribution in [0.2, 0.25) is 0 Å². The lowest BCUT2D eigenvalue weighted by molar-refractivity contribution is -0.107. The van der Waals surface area contributed by atoms with Crippen molar-refractivity contribution in [1.29, 1.82) is 0 Å². The van der Waals surface area contributed by atoms with E-state index in [4.69, 9.17) is 4.74 Å². The number of carbonyl (C=O) groups is 1. The van der Waals surface area contributed by atoms with Gasteiger partial charge in [0.15, 0.2) is 0 Å². The van der Waals surface area contributed by atoms with Gasteiger partial charge in [0.25, 0.3) is 0 Å². The average Bonchev–Trinajstić information content (AvgIpc) is 3.24. The Morgan fingerprint density at radius 3 is 2.60 bits per heavy atom. The Morgan fingerprint density at radius 2 is 2.00 bits per heavy atom. The predicted molar refractivity (Wildman–Crippen MR) is 106 cm³/mol. The number of aromatic nitrogens is 2. The van der Waals surface area contributed by atoms with Crippen molar-refractivity contribution < 1.29 is 9.53 Å². The van der Waals surface area contributed by atoms with Gasteiger partial charge in [0, 0.05) is 11.3 Å². The molecule has 140 valence electrons. The predicted octanol–water partition coefficient (Wildman–Crippen LogP) is 4.31. The number of fused-ring (bicyclic) bond motifs is 3. The molecule has 3 rings (SSSR count). The zero-order valence-electron chi connectivity index (χ0n) is 15.9. The molecule has 2 heterocycles. The molecule has 0 spiro atoms. The molecule has 0 aliphatic heterocycles. The highest BCUT2D eigenvalue weighted by Gasteiger charge is 2.22. The number of carbonyl (C=O) groups excluding carboxylic acids is 1. The summed E-state index contributed by atoms with van der Waals surface area (Å²) >= 11 is 1.82. The van der Waals surface area contributed by atoms with Gasteiger partial charge < -0.3 is 15.3 Å². The van der Waals surface area contributed by atoms with Crippen molar-refractivity contribution in [3.05, 3.63) is 16.8 Å².